The van der Waals surface area contributed by atoms with Crippen molar-refractivity contribution in [3.05, 3.63) is 10.6 Å². The first-order chi connectivity index (χ1) is 12.7. The van der Waals surface area contributed by atoms with Crippen LogP contribution in [0, 0.1) is 23.2 Å². The van der Waals surface area contributed by atoms with Gasteiger partial charge in [0.2, 0.25) is 0 Å². The van der Waals surface area contributed by atoms with Gasteiger partial charge in [-0.15, -0.1) is 0 Å². The second kappa shape index (κ2) is 9.43. The summed E-state index contributed by atoms with van der Waals surface area (Å²) >= 11 is 3.60. The summed E-state index contributed by atoms with van der Waals surface area (Å²) in [5.74, 6) is 2.03. The maximum absolute atomic E-state index is 12.5. The Morgan fingerprint density at radius 1 is 1.41 bits per heavy atom. The smallest absolute Gasteiger partial charge is 0.254 e. The quantitative estimate of drug-likeness (QED) is 0.508. The number of carbonyl (C=O) groups excluding carboxylic acids is 1. The van der Waals surface area contributed by atoms with Gasteiger partial charge in [-0.1, -0.05) is 41.8 Å². The van der Waals surface area contributed by atoms with Gasteiger partial charge in [-0.25, -0.2) is 0 Å². The largest absolute Gasteiger partial charge is 0.380 e. The molecule has 5 atom stereocenters. The minimum Gasteiger partial charge on any atom is -0.380 e. The molecule has 0 aromatic rings. The van der Waals surface area contributed by atoms with Crippen molar-refractivity contribution < 1.29 is 9.90 Å². The van der Waals surface area contributed by atoms with E-state index in [-0.39, 0.29) is 5.91 Å². The lowest BCUT2D eigenvalue weighted by atomic mass is 9.61. The van der Waals surface area contributed by atoms with Crippen LogP contribution in [-0.2, 0) is 4.79 Å². The number of amides is 1. The van der Waals surface area contributed by atoms with Crippen molar-refractivity contribution in [1.29, 1.82) is 0 Å². The van der Waals surface area contributed by atoms with E-state index in [9.17, 15) is 9.90 Å². The summed E-state index contributed by atoms with van der Waals surface area (Å²) in [7, 11) is 0. The molecule has 2 fully saturated rings. The molecule has 0 aliphatic heterocycles. The van der Waals surface area contributed by atoms with Crippen molar-refractivity contribution in [2.75, 3.05) is 13.1 Å². The molecule has 0 aromatic heterocycles. The number of hydrogen-bond acceptors (Lipinski definition) is 2. The number of hydrogen-bond donors (Lipinski definition) is 1. The number of carbonyl (C=O) groups is 1. The maximum atomic E-state index is 12.5. The van der Waals surface area contributed by atoms with Crippen LogP contribution in [0.25, 0.3) is 0 Å². The van der Waals surface area contributed by atoms with E-state index in [1.165, 1.54) is 32.1 Å². The zero-order chi connectivity index (χ0) is 20.2. The normalized spacial score (nSPS) is 32.8. The highest BCUT2D eigenvalue weighted by molar-refractivity contribution is 9.11. The molecule has 156 valence electrons. The second-order valence-corrected chi connectivity index (χ2v) is 9.86. The van der Waals surface area contributed by atoms with Gasteiger partial charge in [0, 0.05) is 13.1 Å². The molecular formula is C23H40BrNO2. The molecule has 2 aliphatic rings. The number of allylic oxidation sites excluding steroid dienone is 1. The molecule has 4 heteroatoms. The molecule has 3 nitrogen and oxygen atoms in total. The number of halogens is 1. The van der Waals surface area contributed by atoms with Crippen LogP contribution in [0.15, 0.2) is 10.6 Å². The molecule has 0 saturated heterocycles. The van der Waals surface area contributed by atoms with E-state index in [2.05, 4.69) is 34.8 Å². The number of nitrogens with zero attached hydrogens (tertiary/aromatic N) is 1. The van der Waals surface area contributed by atoms with Crippen molar-refractivity contribution >= 4 is 21.8 Å². The highest BCUT2D eigenvalue weighted by atomic mass is 79.9. The minimum absolute atomic E-state index is 0.118. The zero-order valence-electron chi connectivity index (χ0n) is 18.1. The SMILES string of the molecule is CCN(CC)C(=O)[C@](C)(O)CCC[C@@H](C)[C@H]1CCC2/C(=C/Br)CCC[C@@]21C. The maximum Gasteiger partial charge on any atom is 0.254 e. The Balaban J connectivity index is 1.92. The summed E-state index contributed by atoms with van der Waals surface area (Å²) in [6.45, 7) is 11.9. The second-order valence-electron chi connectivity index (χ2n) is 9.40. The minimum atomic E-state index is -1.23. The van der Waals surface area contributed by atoms with E-state index in [0.29, 0.717) is 30.8 Å². The third-order valence-electron chi connectivity index (χ3n) is 7.70. The van der Waals surface area contributed by atoms with Crippen LogP contribution >= 0.6 is 15.9 Å². The Morgan fingerprint density at radius 3 is 2.67 bits per heavy atom. The van der Waals surface area contributed by atoms with Crippen molar-refractivity contribution in [3.8, 4) is 0 Å². The molecule has 0 aromatic carbocycles. The van der Waals surface area contributed by atoms with Crippen LogP contribution < -0.4 is 0 Å². The average molecular weight is 442 g/mol. The van der Waals surface area contributed by atoms with Crippen LogP contribution in [0.5, 0.6) is 0 Å². The van der Waals surface area contributed by atoms with Crippen LogP contribution in [0.4, 0.5) is 0 Å². The zero-order valence-corrected chi connectivity index (χ0v) is 19.6. The monoisotopic (exact) mass is 441 g/mol. The molecule has 0 bridgehead atoms. The molecule has 2 saturated carbocycles. The molecule has 1 amide bonds. The molecule has 0 radical (unpaired) electrons. The standard InChI is InChI=1S/C23H40BrNO2/c1-6-25(7-2)21(26)23(5,27)15-8-10-17(3)19-12-13-20-18(16-24)11-9-14-22(19,20)4/h16-17,19-20,27H,6-15H2,1-5H3/b18-16+/t17-,19-,20?,22-,23-/m1/s1. The first-order valence-electron chi connectivity index (χ1n) is 11.0. The van der Waals surface area contributed by atoms with E-state index in [1.54, 1.807) is 17.4 Å². The Morgan fingerprint density at radius 2 is 2.07 bits per heavy atom. The summed E-state index contributed by atoms with van der Waals surface area (Å²) in [5, 5.41) is 10.7. The van der Waals surface area contributed by atoms with Gasteiger partial charge in [0.15, 0.2) is 0 Å². The molecular weight excluding hydrogens is 402 g/mol. The fraction of sp³-hybridized carbons (Fsp3) is 0.870. The van der Waals surface area contributed by atoms with E-state index in [1.807, 2.05) is 13.8 Å². The van der Waals surface area contributed by atoms with Gasteiger partial charge in [0.1, 0.15) is 5.60 Å². The average Bonchev–Trinajstić information content (AvgIpc) is 2.99. The fourth-order valence-corrected chi connectivity index (χ4v) is 6.62. The van der Waals surface area contributed by atoms with E-state index in [0.717, 1.165) is 24.7 Å². The summed E-state index contributed by atoms with van der Waals surface area (Å²) < 4.78 is 0. The Labute approximate surface area is 175 Å². The van der Waals surface area contributed by atoms with Crippen molar-refractivity contribution in [1.82, 2.24) is 4.90 Å². The molecule has 1 unspecified atom stereocenters. The Hall–Kier alpha value is -0.350. The number of fused-ring (bicyclic) bond motifs is 1. The van der Waals surface area contributed by atoms with E-state index in [4.69, 9.17) is 0 Å². The van der Waals surface area contributed by atoms with Crippen molar-refractivity contribution in [2.45, 2.75) is 91.6 Å². The van der Waals surface area contributed by atoms with Gasteiger partial charge < -0.3 is 10.0 Å². The fourth-order valence-electron chi connectivity index (χ4n) is 6.07. The summed E-state index contributed by atoms with van der Waals surface area (Å²) in [6.07, 6.45) is 9.12. The number of likely N-dealkylation sites (N-methyl/N-ethyl adjacent to an activating group) is 1. The molecule has 0 spiro atoms. The molecule has 1 N–H and O–H groups in total. The van der Waals surface area contributed by atoms with Gasteiger partial charge >= 0.3 is 0 Å². The first kappa shape index (κ1) is 22.9. The predicted molar refractivity (Wildman–Crippen MR) is 117 cm³/mol. The lowest BCUT2D eigenvalue weighted by Crippen LogP contribution is -2.47. The Bertz CT molecular complexity index is 540. The third kappa shape index (κ3) is 4.80. The van der Waals surface area contributed by atoms with Crippen LogP contribution in [-0.4, -0.2) is 34.6 Å². The van der Waals surface area contributed by atoms with Gasteiger partial charge in [-0.2, -0.15) is 0 Å². The van der Waals surface area contributed by atoms with E-state index < -0.39 is 5.60 Å². The van der Waals surface area contributed by atoms with Crippen LogP contribution in [0.2, 0.25) is 0 Å². The van der Waals surface area contributed by atoms with Gasteiger partial charge in [0.25, 0.3) is 5.91 Å². The lowest BCUT2D eigenvalue weighted by molar-refractivity contribution is -0.150. The lowest BCUT2D eigenvalue weighted by Gasteiger charge is -2.44. The summed E-state index contributed by atoms with van der Waals surface area (Å²) in [4.78, 5) is 16.5. The highest BCUT2D eigenvalue weighted by Gasteiger charge is 2.50. The molecule has 2 rings (SSSR count). The molecule has 0 heterocycles. The molecule has 27 heavy (non-hydrogen) atoms. The Kier molecular flexibility index (Phi) is 8.01. The first-order valence-corrected chi connectivity index (χ1v) is 11.9. The summed E-state index contributed by atoms with van der Waals surface area (Å²) in [5.41, 5.74) is 0.813. The highest BCUT2D eigenvalue weighted by Crippen LogP contribution is 2.60. The predicted octanol–water partition coefficient (Wildman–Crippen LogP) is 5.91. The van der Waals surface area contributed by atoms with Gasteiger partial charge in [0.05, 0.1) is 0 Å². The van der Waals surface area contributed by atoms with Gasteiger partial charge in [-0.3, -0.25) is 4.79 Å². The molecule has 2 aliphatic carbocycles. The third-order valence-corrected chi connectivity index (χ3v) is 8.29. The number of rotatable bonds is 8. The van der Waals surface area contributed by atoms with Crippen LogP contribution in [0.1, 0.15) is 86.0 Å². The number of aliphatic hydroxyl groups is 1. The van der Waals surface area contributed by atoms with Gasteiger partial charge in [-0.05, 0) is 93.9 Å². The van der Waals surface area contributed by atoms with Crippen molar-refractivity contribution in [3.63, 3.8) is 0 Å². The van der Waals surface area contributed by atoms with E-state index >= 15 is 0 Å². The van der Waals surface area contributed by atoms with Crippen LogP contribution in [0.3, 0.4) is 0 Å². The topological polar surface area (TPSA) is 40.5 Å². The van der Waals surface area contributed by atoms with Crippen molar-refractivity contribution in [2.24, 2.45) is 23.2 Å². The summed E-state index contributed by atoms with van der Waals surface area (Å²) in [6, 6.07) is 0.